The number of hydrogen-bond donors (Lipinski definition) is 2. The molecule has 2 unspecified atom stereocenters. The minimum absolute atomic E-state index is 0.0152. The molecular formula is C15H25N3OS. The molecule has 0 radical (unpaired) electrons. The summed E-state index contributed by atoms with van der Waals surface area (Å²) in [6, 6.07) is 0.0152. The van der Waals surface area contributed by atoms with Crippen molar-refractivity contribution >= 4 is 17.2 Å². The SMILES string of the molecule is Cc1csc(C(C)NC(=O)CC(C)C2CCNCC2)n1. The Morgan fingerprint density at radius 1 is 1.50 bits per heavy atom. The van der Waals surface area contributed by atoms with Crippen LogP contribution in [-0.2, 0) is 4.79 Å². The smallest absolute Gasteiger partial charge is 0.220 e. The van der Waals surface area contributed by atoms with Gasteiger partial charge in [0.2, 0.25) is 5.91 Å². The van der Waals surface area contributed by atoms with E-state index in [0.29, 0.717) is 18.3 Å². The van der Waals surface area contributed by atoms with Crippen LogP contribution in [0.3, 0.4) is 0 Å². The summed E-state index contributed by atoms with van der Waals surface area (Å²) in [7, 11) is 0. The molecule has 1 aliphatic rings. The zero-order valence-corrected chi connectivity index (χ0v) is 13.4. The second-order valence-corrected chi connectivity index (χ2v) is 6.77. The number of aromatic nitrogens is 1. The summed E-state index contributed by atoms with van der Waals surface area (Å²) in [4.78, 5) is 16.6. The average molecular weight is 295 g/mol. The summed E-state index contributed by atoms with van der Waals surface area (Å²) in [5.41, 5.74) is 1.02. The molecule has 0 bridgehead atoms. The van der Waals surface area contributed by atoms with Gasteiger partial charge in [0.25, 0.3) is 0 Å². The maximum absolute atomic E-state index is 12.1. The highest BCUT2D eigenvalue weighted by molar-refractivity contribution is 7.09. The summed E-state index contributed by atoms with van der Waals surface area (Å²) in [6.07, 6.45) is 3.00. The maximum Gasteiger partial charge on any atom is 0.220 e. The fraction of sp³-hybridized carbons (Fsp3) is 0.733. The van der Waals surface area contributed by atoms with Gasteiger partial charge in [-0.15, -0.1) is 11.3 Å². The Balaban J connectivity index is 1.79. The fourth-order valence-electron chi connectivity index (χ4n) is 2.81. The molecule has 1 aliphatic heterocycles. The van der Waals surface area contributed by atoms with Crippen molar-refractivity contribution in [3.05, 3.63) is 16.1 Å². The molecule has 0 aromatic carbocycles. The first kappa shape index (κ1) is 15.4. The molecule has 0 aliphatic carbocycles. The van der Waals surface area contributed by atoms with Crippen LogP contribution in [-0.4, -0.2) is 24.0 Å². The third-order valence-corrected chi connectivity index (χ3v) is 5.23. The zero-order chi connectivity index (χ0) is 14.5. The van der Waals surface area contributed by atoms with E-state index in [9.17, 15) is 4.79 Å². The van der Waals surface area contributed by atoms with Gasteiger partial charge in [0.15, 0.2) is 0 Å². The van der Waals surface area contributed by atoms with Crippen LogP contribution in [0.4, 0.5) is 0 Å². The Labute approximate surface area is 125 Å². The van der Waals surface area contributed by atoms with Gasteiger partial charge in [-0.05, 0) is 51.6 Å². The monoisotopic (exact) mass is 295 g/mol. The number of aryl methyl sites for hydroxylation is 1. The number of amides is 1. The predicted octanol–water partition coefficient (Wildman–Crippen LogP) is 2.65. The molecule has 5 heteroatoms. The van der Waals surface area contributed by atoms with Crippen LogP contribution < -0.4 is 10.6 Å². The van der Waals surface area contributed by atoms with Gasteiger partial charge in [0.05, 0.1) is 6.04 Å². The van der Waals surface area contributed by atoms with E-state index in [1.807, 2.05) is 19.2 Å². The van der Waals surface area contributed by atoms with Crippen molar-refractivity contribution in [2.45, 2.75) is 46.1 Å². The maximum atomic E-state index is 12.1. The minimum Gasteiger partial charge on any atom is -0.347 e. The Kier molecular flexibility index (Phi) is 5.54. The van der Waals surface area contributed by atoms with Crippen LogP contribution in [0, 0.1) is 18.8 Å². The van der Waals surface area contributed by atoms with Crippen molar-refractivity contribution < 1.29 is 4.79 Å². The number of carbonyl (C=O) groups is 1. The van der Waals surface area contributed by atoms with Crippen LogP contribution >= 0.6 is 11.3 Å². The lowest BCUT2D eigenvalue weighted by Crippen LogP contribution is -2.34. The lowest BCUT2D eigenvalue weighted by Gasteiger charge is -2.28. The molecule has 0 saturated carbocycles. The molecule has 2 rings (SSSR count). The average Bonchev–Trinajstić information content (AvgIpc) is 2.86. The summed E-state index contributed by atoms with van der Waals surface area (Å²) in [5, 5.41) is 9.46. The molecule has 1 aromatic heterocycles. The number of nitrogens with one attached hydrogen (secondary N) is 2. The van der Waals surface area contributed by atoms with Crippen LogP contribution in [0.1, 0.15) is 49.9 Å². The Bertz CT molecular complexity index is 440. The first-order chi connectivity index (χ1) is 9.56. The highest BCUT2D eigenvalue weighted by atomic mass is 32.1. The number of thiazole rings is 1. The van der Waals surface area contributed by atoms with Crippen LogP contribution in [0.15, 0.2) is 5.38 Å². The van der Waals surface area contributed by atoms with Gasteiger partial charge in [-0.1, -0.05) is 6.92 Å². The Morgan fingerprint density at radius 3 is 2.80 bits per heavy atom. The van der Waals surface area contributed by atoms with Gasteiger partial charge in [0.1, 0.15) is 5.01 Å². The summed E-state index contributed by atoms with van der Waals surface area (Å²) < 4.78 is 0. The highest BCUT2D eigenvalue weighted by Crippen LogP contribution is 2.25. The minimum atomic E-state index is 0.0152. The van der Waals surface area contributed by atoms with Crippen molar-refractivity contribution in [3.8, 4) is 0 Å². The van der Waals surface area contributed by atoms with E-state index in [4.69, 9.17) is 0 Å². The second kappa shape index (κ2) is 7.18. The van der Waals surface area contributed by atoms with Crippen molar-refractivity contribution in [1.29, 1.82) is 0 Å². The van der Waals surface area contributed by atoms with Crippen molar-refractivity contribution in [1.82, 2.24) is 15.6 Å². The van der Waals surface area contributed by atoms with Gasteiger partial charge in [0, 0.05) is 17.5 Å². The van der Waals surface area contributed by atoms with Crippen molar-refractivity contribution in [2.24, 2.45) is 11.8 Å². The lowest BCUT2D eigenvalue weighted by atomic mass is 9.84. The molecule has 112 valence electrons. The van der Waals surface area contributed by atoms with Crippen molar-refractivity contribution in [2.75, 3.05) is 13.1 Å². The Hall–Kier alpha value is -0.940. The molecule has 1 fully saturated rings. The third kappa shape index (κ3) is 4.28. The van der Waals surface area contributed by atoms with E-state index in [2.05, 4.69) is 22.5 Å². The number of hydrogen-bond acceptors (Lipinski definition) is 4. The number of carbonyl (C=O) groups excluding carboxylic acids is 1. The lowest BCUT2D eigenvalue weighted by molar-refractivity contribution is -0.123. The van der Waals surface area contributed by atoms with Gasteiger partial charge in [-0.2, -0.15) is 0 Å². The van der Waals surface area contributed by atoms with Gasteiger partial charge >= 0.3 is 0 Å². The first-order valence-electron chi connectivity index (χ1n) is 7.48. The van der Waals surface area contributed by atoms with Crippen molar-refractivity contribution in [3.63, 3.8) is 0 Å². The molecule has 2 heterocycles. The molecule has 1 aromatic rings. The predicted molar refractivity (Wildman–Crippen MR) is 82.8 cm³/mol. The highest BCUT2D eigenvalue weighted by Gasteiger charge is 2.23. The quantitative estimate of drug-likeness (QED) is 0.878. The molecular weight excluding hydrogens is 270 g/mol. The van der Waals surface area contributed by atoms with E-state index >= 15 is 0 Å². The first-order valence-corrected chi connectivity index (χ1v) is 8.36. The van der Waals surface area contributed by atoms with Gasteiger partial charge < -0.3 is 10.6 Å². The van der Waals surface area contributed by atoms with E-state index < -0.39 is 0 Å². The zero-order valence-electron chi connectivity index (χ0n) is 12.6. The molecule has 2 N–H and O–H groups in total. The third-order valence-electron chi connectivity index (χ3n) is 4.08. The normalized spacial score (nSPS) is 19.6. The second-order valence-electron chi connectivity index (χ2n) is 5.89. The van der Waals surface area contributed by atoms with E-state index in [0.717, 1.165) is 23.8 Å². The largest absolute Gasteiger partial charge is 0.347 e. The molecule has 4 nitrogen and oxygen atoms in total. The van der Waals surface area contributed by atoms with Crippen LogP contribution in [0.25, 0.3) is 0 Å². The summed E-state index contributed by atoms with van der Waals surface area (Å²) in [5.74, 6) is 1.29. The van der Waals surface area contributed by atoms with E-state index in [-0.39, 0.29) is 11.9 Å². The number of nitrogens with zero attached hydrogens (tertiary/aromatic N) is 1. The van der Waals surface area contributed by atoms with E-state index in [1.54, 1.807) is 11.3 Å². The molecule has 1 amide bonds. The van der Waals surface area contributed by atoms with Crippen LogP contribution in [0.5, 0.6) is 0 Å². The topological polar surface area (TPSA) is 54.0 Å². The molecule has 2 atom stereocenters. The Morgan fingerprint density at radius 2 is 2.20 bits per heavy atom. The van der Waals surface area contributed by atoms with Crippen LogP contribution in [0.2, 0.25) is 0 Å². The van der Waals surface area contributed by atoms with Gasteiger partial charge in [-0.25, -0.2) is 4.98 Å². The van der Waals surface area contributed by atoms with E-state index in [1.165, 1.54) is 12.8 Å². The summed E-state index contributed by atoms with van der Waals surface area (Å²) in [6.45, 7) is 8.36. The summed E-state index contributed by atoms with van der Waals surface area (Å²) >= 11 is 1.61. The fourth-order valence-corrected chi connectivity index (χ4v) is 3.61. The molecule has 20 heavy (non-hydrogen) atoms. The standard InChI is InChI=1S/C15H25N3OS/c1-10(13-4-6-16-7-5-13)8-14(19)18-12(3)15-17-11(2)9-20-15/h9-10,12-13,16H,4-8H2,1-3H3,(H,18,19). The number of rotatable bonds is 5. The molecule has 0 spiro atoms. The van der Waals surface area contributed by atoms with Gasteiger partial charge in [-0.3, -0.25) is 4.79 Å². The number of piperidine rings is 1. The molecule has 1 saturated heterocycles.